The first-order valence-electron chi connectivity index (χ1n) is 6.12. The highest BCUT2D eigenvalue weighted by Crippen LogP contribution is 2.35. The van der Waals surface area contributed by atoms with Crippen molar-refractivity contribution in [3.05, 3.63) is 0 Å². The van der Waals surface area contributed by atoms with E-state index in [9.17, 15) is 0 Å². The van der Waals surface area contributed by atoms with Crippen LogP contribution in [0.5, 0.6) is 0 Å². The molecule has 0 aromatic carbocycles. The van der Waals surface area contributed by atoms with Crippen molar-refractivity contribution in [2.45, 2.75) is 32.1 Å². The van der Waals surface area contributed by atoms with E-state index in [1.54, 1.807) is 0 Å². The van der Waals surface area contributed by atoms with Crippen LogP contribution in [-0.2, 0) is 4.74 Å². The fourth-order valence-corrected chi connectivity index (χ4v) is 2.98. The second kappa shape index (κ2) is 5.13. The molecule has 1 saturated carbocycles. The average molecular weight is 197 g/mol. The van der Waals surface area contributed by atoms with Crippen LogP contribution in [0, 0.1) is 17.8 Å². The van der Waals surface area contributed by atoms with Crippen LogP contribution in [-0.4, -0.2) is 26.8 Å². The Morgan fingerprint density at radius 1 is 1.29 bits per heavy atom. The van der Waals surface area contributed by atoms with E-state index in [2.05, 4.69) is 12.4 Å². The molecule has 2 heteroatoms. The maximum atomic E-state index is 5.26. The summed E-state index contributed by atoms with van der Waals surface area (Å²) in [5.74, 6) is 2.79. The Bertz CT molecular complexity index is 162. The predicted octanol–water partition coefficient (Wildman–Crippen LogP) is 2.05. The minimum absolute atomic E-state index is 0.869. The van der Waals surface area contributed by atoms with Crippen LogP contribution in [0.3, 0.4) is 0 Å². The van der Waals surface area contributed by atoms with Gasteiger partial charge in [-0.3, -0.25) is 0 Å². The van der Waals surface area contributed by atoms with Gasteiger partial charge in [0.1, 0.15) is 0 Å². The lowest BCUT2D eigenvalue weighted by Gasteiger charge is -2.32. The third-order valence-electron chi connectivity index (χ3n) is 3.88. The fourth-order valence-electron chi connectivity index (χ4n) is 2.98. The van der Waals surface area contributed by atoms with Gasteiger partial charge in [-0.15, -0.1) is 0 Å². The minimum Gasteiger partial charge on any atom is -0.381 e. The number of rotatable bonds is 5. The molecule has 0 aromatic rings. The molecular formula is C12H23NO. The molecule has 2 nitrogen and oxygen atoms in total. The first-order chi connectivity index (χ1) is 6.90. The van der Waals surface area contributed by atoms with E-state index in [0.29, 0.717) is 0 Å². The zero-order valence-electron chi connectivity index (χ0n) is 9.30. The van der Waals surface area contributed by atoms with Crippen LogP contribution in [0.2, 0.25) is 0 Å². The minimum atomic E-state index is 0.869. The van der Waals surface area contributed by atoms with Gasteiger partial charge in [0, 0.05) is 5.92 Å². The molecule has 1 aliphatic heterocycles. The van der Waals surface area contributed by atoms with E-state index in [1.807, 2.05) is 0 Å². The van der Waals surface area contributed by atoms with Gasteiger partial charge in [-0.05, 0) is 31.8 Å². The summed E-state index contributed by atoms with van der Waals surface area (Å²) < 4.78 is 5.26. The molecule has 0 bridgehead atoms. The summed E-state index contributed by atoms with van der Waals surface area (Å²) in [6.45, 7) is 3.25. The Labute approximate surface area is 87.4 Å². The number of hydrogen-bond donors (Lipinski definition) is 1. The maximum Gasteiger partial charge on any atom is 0.0516 e. The number of ether oxygens (including phenoxy) is 1. The molecule has 2 fully saturated rings. The second-order valence-electron chi connectivity index (χ2n) is 5.00. The van der Waals surface area contributed by atoms with Crippen LogP contribution in [0.15, 0.2) is 0 Å². The molecule has 0 radical (unpaired) electrons. The van der Waals surface area contributed by atoms with Gasteiger partial charge < -0.3 is 10.1 Å². The molecule has 1 N–H and O–H groups in total. The van der Waals surface area contributed by atoms with Gasteiger partial charge >= 0.3 is 0 Å². The van der Waals surface area contributed by atoms with E-state index >= 15 is 0 Å². The Morgan fingerprint density at radius 2 is 2.00 bits per heavy atom. The first kappa shape index (κ1) is 10.4. The Morgan fingerprint density at radius 3 is 2.50 bits per heavy atom. The molecule has 1 unspecified atom stereocenters. The summed E-state index contributed by atoms with van der Waals surface area (Å²) in [6.07, 6.45) is 7.27. The summed E-state index contributed by atoms with van der Waals surface area (Å²) in [5.41, 5.74) is 0. The van der Waals surface area contributed by atoms with Gasteiger partial charge in [0.15, 0.2) is 0 Å². The Kier molecular flexibility index (Phi) is 3.82. The first-order valence-corrected chi connectivity index (χ1v) is 6.12. The highest BCUT2D eigenvalue weighted by Gasteiger charge is 2.29. The molecule has 1 heterocycles. The molecule has 2 rings (SSSR count). The second-order valence-corrected chi connectivity index (χ2v) is 5.00. The topological polar surface area (TPSA) is 21.3 Å². The van der Waals surface area contributed by atoms with E-state index in [4.69, 9.17) is 4.74 Å². The van der Waals surface area contributed by atoms with E-state index in [1.165, 1.54) is 38.6 Å². The van der Waals surface area contributed by atoms with Gasteiger partial charge in [-0.2, -0.15) is 0 Å². The van der Waals surface area contributed by atoms with Crippen LogP contribution in [0.1, 0.15) is 32.1 Å². The fraction of sp³-hybridized carbons (Fsp3) is 1.00. The molecule has 0 amide bonds. The van der Waals surface area contributed by atoms with Crippen LogP contribution in [0.4, 0.5) is 0 Å². The predicted molar refractivity (Wildman–Crippen MR) is 58.3 cm³/mol. The highest BCUT2D eigenvalue weighted by molar-refractivity contribution is 4.80. The van der Waals surface area contributed by atoms with E-state index in [-0.39, 0.29) is 0 Å². The van der Waals surface area contributed by atoms with Crippen molar-refractivity contribution in [3.8, 4) is 0 Å². The highest BCUT2D eigenvalue weighted by atomic mass is 16.5. The lowest BCUT2D eigenvalue weighted by atomic mass is 9.82. The van der Waals surface area contributed by atoms with Crippen molar-refractivity contribution in [2.75, 3.05) is 26.8 Å². The molecule has 0 aromatic heterocycles. The van der Waals surface area contributed by atoms with Crippen LogP contribution in [0.25, 0.3) is 0 Å². The Balaban J connectivity index is 1.78. The summed E-state index contributed by atoms with van der Waals surface area (Å²) in [7, 11) is 2.08. The van der Waals surface area contributed by atoms with Crippen molar-refractivity contribution >= 4 is 0 Å². The van der Waals surface area contributed by atoms with Gasteiger partial charge in [-0.1, -0.05) is 25.7 Å². The molecular weight excluding hydrogens is 174 g/mol. The van der Waals surface area contributed by atoms with Crippen molar-refractivity contribution in [2.24, 2.45) is 17.8 Å². The molecule has 2 aliphatic rings. The molecule has 14 heavy (non-hydrogen) atoms. The number of nitrogens with one attached hydrogen (secondary N) is 1. The van der Waals surface area contributed by atoms with Gasteiger partial charge in [0.05, 0.1) is 13.2 Å². The monoisotopic (exact) mass is 197 g/mol. The SMILES string of the molecule is CNCC(CC1COC1)C1CCCC1. The maximum absolute atomic E-state index is 5.26. The Hall–Kier alpha value is -0.0800. The molecule has 1 saturated heterocycles. The smallest absolute Gasteiger partial charge is 0.0516 e. The van der Waals surface area contributed by atoms with Crippen molar-refractivity contribution in [1.82, 2.24) is 5.32 Å². The summed E-state index contributed by atoms with van der Waals surface area (Å²) in [5, 5.41) is 3.36. The zero-order valence-corrected chi connectivity index (χ0v) is 9.30. The summed E-state index contributed by atoms with van der Waals surface area (Å²) in [4.78, 5) is 0. The average Bonchev–Trinajstić information content (AvgIpc) is 2.61. The lowest BCUT2D eigenvalue weighted by Crippen LogP contribution is -2.34. The van der Waals surface area contributed by atoms with Gasteiger partial charge in [-0.25, -0.2) is 0 Å². The lowest BCUT2D eigenvalue weighted by molar-refractivity contribution is -0.0458. The number of hydrogen-bond acceptors (Lipinski definition) is 2. The van der Waals surface area contributed by atoms with E-state index < -0.39 is 0 Å². The quantitative estimate of drug-likeness (QED) is 0.728. The van der Waals surface area contributed by atoms with Crippen LogP contribution >= 0.6 is 0 Å². The third-order valence-corrected chi connectivity index (χ3v) is 3.88. The summed E-state index contributed by atoms with van der Waals surface area (Å²) >= 11 is 0. The zero-order chi connectivity index (χ0) is 9.80. The molecule has 1 atom stereocenters. The van der Waals surface area contributed by atoms with Crippen molar-refractivity contribution in [1.29, 1.82) is 0 Å². The van der Waals surface area contributed by atoms with Crippen molar-refractivity contribution < 1.29 is 4.74 Å². The normalized spacial score (nSPS) is 26.4. The largest absolute Gasteiger partial charge is 0.381 e. The molecule has 1 aliphatic carbocycles. The van der Waals surface area contributed by atoms with Gasteiger partial charge in [0.25, 0.3) is 0 Å². The molecule has 82 valence electrons. The van der Waals surface area contributed by atoms with Crippen molar-refractivity contribution in [3.63, 3.8) is 0 Å². The standard InChI is InChI=1S/C12H23NO/c1-13-7-12(6-10-8-14-9-10)11-4-2-3-5-11/h10-13H,2-9H2,1H3. The van der Waals surface area contributed by atoms with E-state index in [0.717, 1.165) is 31.0 Å². The van der Waals surface area contributed by atoms with Crippen LogP contribution < -0.4 is 5.32 Å². The van der Waals surface area contributed by atoms with Gasteiger partial charge in [0.2, 0.25) is 0 Å². The summed E-state index contributed by atoms with van der Waals surface area (Å²) in [6, 6.07) is 0. The third kappa shape index (κ3) is 2.48. The molecule has 0 spiro atoms.